The monoisotopic (exact) mass is 474 g/mol. The summed E-state index contributed by atoms with van der Waals surface area (Å²) in [5.41, 5.74) is 3.67. The van der Waals surface area contributed by atoms with Crippen LogP contribution in [-0.2, 0) is 16.4 Å². The van der Waals surface area contributed by atoms with Crippen LogP contribution in [0.4, 0.5) is 0 Å². The van der Waals surface area contributed by atoms with E-state index in [4.69, 9.17) is 4.74 Å². The lowest BCUT2D eigenvalue weighted by molar-refractivity contribution is 0.0701. The van der Waals surface area contributed by atoms with E-state index in [1.165, 1.54) is 0 Å². The summed E-state index contributed by atoms with van der Waals surface area (Å²) >= 11 is 0. The van der Waals surface area contributed by atoms with Crippen LogP contribution < -0.4 is 4.74 Å². The number of hydrogen-bond acceptors (Lipinski definition) is 5. The molecule has 2 fully saturated rings. The summed E-state index contributed by atoms with van der Waals surface area (Å²) in [6, 6.07) is 16.1. The average molecular weight is 475 g/mol. The third-order valence-corrected chi connectivity index (χ3v) is 7.98. The minimum Gasteiger partial charge on any atom is -0.497 e. The number of fused-ring (bicyclic) bond motifs is 1. The number of nitriles is 1. The first-order valence-electron chi connectivity index (χ1n) is 11.3. The van der Waals surface area contributed by atoms with Crippen LogP contribution in [0.1, 0.15) is 28.8 Å². The van der Waals surface area contributed by atoms with Crippen LogP contribution in [0, 0.1) is 11.3 Å². The molecular weight excluding hydrogens is 448 g/mol. The van der Waals surface area contributed by atoms with Gasteiger partial charge >= 0.3 is 0 Å². The van der Waals surface area contributed by atoms with Gasteiger partial charge in [0, 0.05) is 49.6 Å². The van der Waals surface area contributed by atoms with Crippen molar-refractivity contribution in [2.75, 3.05) is 39.5 Å². The van der Waals surface area contributed by atoms with Crippen molar-refractivity contribution in [3.8, 4) is 22.9 Å². The molecule has 1 saturated carbocycles. The van der Waals surface area contributed by atoms with Crippen molar-refractivity contribution in [3.05, 3.63) is 59.8 Å². The highest BCUT2D eigenvalue weighted by Gasteiger charge is 2.44. The molecule has 1 unspecified atom stereocenters. The number of pyridine rings is 1. The number of piperazine rings is 1. The van der Waals surface area contributed by atoms with Gasteiger partial charge in [-0.05, 0) is 42.2 Å². The molecule has 3 aromatic rings. The summed E-state index contributed by atoms with van der Waals surface area (Å²) < 4.78 is 19.1. The minimum absolute atomic E-state index is 0.0893. The fourth-order valence-electron chi connectivity index (χ4n) is 4.64. The van der Waals surface area contributed by atoms with E-state index in [1.54, 1.807) is 24.5 Å². The fourth-order valence-corrected chi connectivity index (χ4v) is 5.31. The Kier molecular flexibility index (Phi) is 5.84. The number of methoxy groups -OCH3 is 1. The zero-order chi connectivity index (χ0) is 23.9. The van der Waals surface area contributed by atoms with E-state index in [9.17, 15) is 14.3 Å². The number of nitrogens with zero attached hydrogens (tertiary/aromatic N) is 4. The Morgan fingerprint density at radius 3 is 2.41 bits per heavy atom. The van der Waals surface area contributed by atoms with Crippen LogP contribution in [0.5, 0.6) is 5.75 Å². The number of aromatic nitrogens is 1. The Hall–Kier alpha value is -3.28. The van der Waals surface area contributed by atoms with Crippen molar-refractivity contribution in [3.63, 3.8) is 0 Å². The molecule has 174 valence electrons. The quantitative estimate of drug-likeness (QED) is 0.565. The van der Waals surface area contributed by atoms with Crippen LogP contribution in [0.3, 0.4) is 0 Å². The van der Waals surface area contributed by atoms with Gasteiger partial charge in [0.2, 0.25) is 0 Å². The van der Waals surface area contributed by atoms with Crippen molar-refractivity contribution in [1.29, 1.82) is 5.26 Å². The maximum absolute atomic E-state index is 13.7. The standard InChI is InChI=1S/C26H26N4O3S/c1-33-20-7-8-23-21(15-20)24(18-3-5-19(6-4-18)26(17-27)9-10-26)22(16-28-23)25(31)29-11-13-30(14-12-29)34(2)32/h3-8,15-16H,9-14H2,1-2H3. The minimum atomic E-state index is -1.04. The molecule has 2 aromatic carbocycles. The molecule has 2 aliphatic rings. The zero-order valence-corrected chi connectivity index (χ0v) is 20.1. The van der Waals surface area contributed by atoms with Crippen molar-refractivity contribution in [2.45, 2.75) is 18.3 Å². The van der Waals surface area contributed by atoms with Gasteiger partial charge in [-0.25, -0.2) is 8.51 Å². The first-order valence-corrected chi connectivity index (χ1v) is 12.8. The van der Waals surface area contributed by atoms with Gasteiger partial charge in [0.05, 0.1) is 40.7 Å². The summed E-state index contributed by atoms with van der Waals surface area (Å²) in [6.07, 6.45) is 5.09. The van der Waals surface area contributed by atoms with Crippen molar-refractivity contribution < 1.29 is 13.7 Å². The van der Waals surface area contributed by atoms with E-state index in [2.05, 4.69) is 11.1 Å². The van der Waals surface area contributed by atoms with Gasteiger partial charge in [0.25, 0.3) is 5.91 Å². The summed E-state index contributed by atoms with van der Waals surface area (Å²) in [4.78, 5) is 20.0. The molecular formula is C26H26N4O3S. The molecule has 8 heteroatoms. The average Bonchev–Trinajstić information content (AvgIpc) is 3.69. The predicted molar refractivity (Wildman–Crippen MR) is 132 cm³/mol. The topological polar surface area (TPSA) is 86.5 Å². The van der Waals surface area contributed by atoms with Crippen LogP contribution in [0.2, 0.25) is 0 Å². The first kappa shape index (κ1) is 22.5. The summed E-state index contributed by atoms with van der Waals surface area (Å²) in [5.74, 6) is 0.603. The first-order chi connectivity index (χ1) is 16.5. The Labute approximate surface area is 201 Å². The third-order valence-electron chi connectivity index (χ3n) is 6.89. The zero-order valence-electron chi connectivity index (χ0n) is 19.3. The van der Waals surface area contributed by atoms with Gasteiger partial charge in [-0.15, -0.1) is 0 Å². The van der Waals surface area contributed by atoms with Crippen LogP contribution in [-0.4, -0.2) is 63.8 Å². The molecule has 2 heterocycles. The number of hydrogen-bond donors (Lipinski definition) is 0. The lowest BCUT2D eigenvalue weighted by Gasteiger charge is -2.33. The van der Waals surface area contributed by atoms with Crippen molar-refractivity contribution in [2.24, 2.45) is 0 Å². The molecule has 1 atom stereocenters. The number of benzene rings is 2. The van der Waals surface area contributed by atoms with Gasteiger partial charge in [-0.1, -0.05) is 24.3 Å². The lowest BCUT2D eigenvalue weighted by Crippen LogP contribution is -2.49. The highest BCUT2D eigenvalue weighted by Crippen LogP contribution is 2.48. The van der Waals surface area contributed by atoms with Gasteiger partial charge < -0.3 is 9.64 Å². The van der Waals surface area contributed by atoms with Gasteiger partial charge in [0.1, 0.15) is 5.75 Å². The van der Waals surface area contributed by atoms with Gasteiger partial charge in [-0.2, -0.15) is 5.26 Å². The van der Waals surface area contributed by atoms with E-state index >= 15 is 0 Å². The molecule has 34 heavy (non-hydrogen) atoms. The van der Waals surface area contributed by atoms with Gasteiger partial charge in [0.15, 0.2) is 0 Å². The Morgan fingerprint density at radius 1 is 1.12 bits per heavy atom. The van der Waals surface area contributed by atoms with Crippen LogP contribution in [0.15, 0.2) is 48.7 Å². The number of ether oxygens (including phenoxy) is 1. The van der Waals surface area contributed by atoms with Crippen molar-refractivity contribution >= 4 is 27.8 Å². The molecule has 1 amide bonds. The van der Waals surface area contributed by atoms with Crippen LogP contribution >= 0.6 is 0 Å². The number of carbonyl (C=O) groups is 1. The SMILES string of the molecule is COc1ccc2ncc(C(=O)N3CCN(S(C)=O)CC3)c(-c3ccc(C4(C#N)CC4)cc3)c2c1. The summed E-state index contributed by atoms with van der Waals surface area (Å²) in [5, 5.41) is 10.4. The van der Waals surface area contributed by atoms with E-state index in [-0.39, 0.29) is 11.3 Å². The Morgan fingerprint density at radius 2 is 1.82 bits per heavy atom. The molecule has 1 aliphatic heterocycles. The molecule has 0 N–H and O–H groups in total. The largest absolute Gasteiger partial charge is 0.497 e. The summed E-state index contributed by atoms with van der Waals surface area (Å²) in [6.45, 7) is 2.17. The highest BCUT2D eigenvalue weighted by atomic mass is 32.2. The second-order valence-corrected chi connectivity index (χ2v) is 10.2. The second-order valence-electron chi connectivity index (χ2n) is 8.85. The van der Waals surface area contributed by atoms with Crippen LogP contribution in [0.25, 0.3) is 22.0 Å². The van der Waals surface area contributed by atoms with Crippen molar-refractivity contribution in [1.82, 2.24) is 14.2 Å². The Balaban J connectivity index is 1.58. The molecule has 1 aromatic heterocycles. The maximum atomic E-state index is 13.7. The van der Waals surface area contributed by atoms with E-state index in [1.807, 2.05) is 46.8 Å². The normalized spacial score (nSPS) is 18.3. The summed E-state index contributed by atoms with van der Waals surface area (Å²) in [7, 11) is 0.577. The third kappa shape index (κ3) is 3.95. The molecule has 0 radical (unpaired) electrons. The fraction of sp³-hybridized carbons (Fsp3) is 0.346. The smallest absolute Gasteiger partial charge is 0.256 e. The second kappa shape index (κ2) is 8.82. The molecule has 0 spiro atoms. The van der Waals surface area contributed by atoms with E-state index < -0.39 is 11.0 Å². The predicted octanol–water partition coefficient (Wildman–Crippen LogP) is 3.52. The molecule has 7 nitrogen and oxygen atoms in total. The maximum Gasteiger partial charge on any atom is 0.256 e. The van der Waals surface area contributed by atoms with E-state index in [0.29, 0.717) is 37.5 Å². The van der Waals surface area contributed by atoms with E-state index in [0.717, 1.165) is 40.4 Å². The van der Waals surface area contributed by atoms with Gasteiger partial charge in [-0.3, -0.25) is 9.78 Å². The molecule has 1 saturated heterocycles. The number of amides is 1. The molecule has 0 bridgehead atoms. The highest BCUT2D eigenvalue weighted by molar-refractivity contribution is 7.81. The lowest BCUT2D eigenvalue weighted by atomic mass is 9.91. The number of rotatable bonds is 5. The molecule has 5 rings (SSSR count). The number of carbonyl (C=O) groups excluding carboxylic acids is 1. The Bertz CT molecular complexity index is 1320. The molecule has 1 aliphatic carbocycles.